The summed E-state index contributed by atoms with van der Waals surface area (Å²) in [4.78, 5) is 25.5. The van der Waals surface area contributed by atoms with Crippen LogP contribution in [-0.4, -0.2) is 51.6 Å². The lowest BCUT2D eigenvalue weighted by Gasteiger charge is -2.22. The normalized spacial score (nSPS) is 19.4. The lowest BCUT2D eigenvalue weighted by Crippen LogP contribution is -2.36. The first-order valence-electron chi connectivity index (χ1n) is 12.1. The summed E-state index contributed by atoms with van der Waals surface area (Å²) in [6, 6.07) is 12.7. The summed E-state index contributed by atoms with van der Waals surface area (Å²) in [5.74, 6) is -5.62. The van der Waals surface area contributed by atoms with Gasteiger partial charge in [-0.2, -0.15) is 8.78 Å². The molecule has 1 aromatic heterocycles. The molecule has 1 fully saturated rings. The smallest absolute Gasteiger partial charge is 0.345 e. The van der Waals surface area contributed by atoms with E-state index in [1.165, 1.54) is 22.6 Å². The molecule has 1 aliphatic rings. The van der Waals surface area contributed by atoms with Crippen LogP contribution < -0.4 is 0 Å². The first kappa shape index (κ1) is 27.0. The lowest BCUT2D eigenvalue weighted by molar-refractivity contribution is -0.148. The zero-order valence-electron chi connectivity index (χ0n) is 19.9. The second kappa shape index (κ2) is 12.4. The van der Waals surface area contributed by atoms with Crippen molar-refractivity contribution in [2.45, 2.75) is 69.9 Å². The number of carbonyl (C=O) groups excluding carboxylic acids is 1. The number of aliphatic hydroxyl groups is 1. The van der Waals surface area contributed by atoms with Gasteiger partial charge in [-0.05, 0) is 55.7 Å². The topological polar surface area (TPSA) is 77.8 Å². The second-order valence-electron chi connectivity index (χ2n) is 9.23. The number of rotatable bonds is 13. The van der Waals surface area contributed by atoms with E-state index in [4.69, 9.17) is 5.11 Å². The molecule has 5 nitrogen and oxygen atoms in total. The van der Waals surface area contributed by atoms with Gasteiger partial charge in [0.25, 0.3) is 5.91 Å². The molecule has 1 aliphatic heterocycles. The van der Waals surface area contributed by atoms with E-state index >= 15 is 0 Å². The number of amides is 1. The number of halogens is 2. The van der Waals surface area contributed by atoms with Crippen LogP contribution in [0.4, 0.5) is 8.78 Å². The molecule has 1 saturated heterocycles. The summed E-state index contributed by atoms with van der Waals surface area (Å²) in [5.41, 5.74) is 1.29. The van der Waals surface area contributed by atoms with Crippen LogP contribution in [0, 0.1) is 5.92 Å². The molecule has 8 heteroatoms. The number of carboxylic acids is 1. The van der Waals surface area contributed by atoms with E-state index in [9.17, 15) is 23.5 Å². The van der Waals surface area contributed by atoms with Crippen molar-refractivity contribution in [2.75, 3.05) is 6.54 Å². The van der Waals surface area contributed by atoms with E-state index in [1.807, 2.05) is 25.1 Å². The summed E-state index contributed by atoms with van der Waals surface area (Å²) in [6.07, 6.45) is 6.46. The van der Waals surface area contributed by atoms with Gasteiger partial charge in [-0.25, -0.2) is 4.79 Å². The van der Waals surface area contributed by atoms with Crippen molar-refractivity contribution >= 4 is 23.2 Å². The van der Waals surface area contributed by atoms with Crippen LogP contribution in [0.15, 0.2) is 54.6 Å². The number of hydrogen-bond acceptors (Lipinski definition) is 4. The van der Waals surface area contributed by atoms with Crippen molar-refractivity contribution in [2.24, 2.45) is 5.92 Å². The standard InChI is InChI=1S/C27H33F2NO4S/c1-19(8-5-6-11-20-9-3-2-4-10-20)23(31)15-13-21-18-27(28,29)26(34)30(21)17-7-12-22-14-16-24(35-22)25(32)33/h2-4,9-10,13-16,19,21,23,31H,5-8,11-12,17-18H2,1H3,(H,32,33)/b15-13+/t19-,21-,23-/m0/s1. The Hall–Kier alpha value is -2.58. The summed E-state index contributed by atoms with van der Waals surface area (Å²) in [5, 5.41) is 19.5. The number of nitrogens with zero attached hydrogens (tertiary/aromatic N) is 1. The molecule has 2 aromatic rings. The maximum absolute atomic E-state index is 14.2. The minimum absolute atomic E-state index is 0.0182. The van der Waals surface area contributed by atoms with E-state index in [1.54, 1.807) is 12.1 Å². The molecule has 1 amide bonds. The van der Waals surface area contributed by atoms with Gasteiger partial charge in [0.1, 0.15) is 4.88 Å². The van der Waals surface area contributed by atoms with Crippen molar-refractivity contribution in [3.8, 4) is 0 Å². The largest absolute Gasteiger partial charge is 0.477 e. The molecule has 0 unspecified atom stereocenters. The minimum atomic E-state index is -3.41. The Bertz CT molecular complexity index is 1010. The molecule has 0 aliphatic carbocycles. The molecule has 0 spiro atoms. The third-order valence-corrected chi connectivity index (χ3v) is 7.60. The van der Waals surface area contributed by atoms with Crippen LogP contribution in [0.5, 0.6) is 0 Å². The lowest BCUT2D eigenvalue weighted by atomic mass is 9.95. The number of likely N-dealkylation sites (tertiary alicyclic amines) is 1. The number of aliphatic hydroxyl groups excluding tert-OH is 1. The fraction of sp³-hybridized carbons (Fsp3) is 0.481. The third-order valence-electron chi connectivity index (χ3n) is 6.47. The first-order valence-corrected chi connectivity index (χ1v) is 12.9. The van der Waals surface area contributed by atoms with Crippen LogP contribution in [0.2, 0.25) is 0 Å². The van der Waals surface area contributed by atoms with Crippen molar-refractivity contribution in [1.29, 1.82) is 0 Å². The van der Waals surface area contributed by atoms with Crippen LogP contribution in [0.3, 0.4) is 0 Å². The van der Waals surface area contributed by atoms with Crippen molar-refractivity contribution < 1.29 is 28.6 Å². The Balaban J connectivity index is 1.48. The van der Waals surface area contributed by atoms with Crippen LogP contribution in [0.25, 0.3) is 0 Å². The highest BCUT2D eigenvalue weighted by atomic mass is 32.1. The highest BCUT2D eigenvalue weighted by molar-refractivity contribution is 7.13. The Kier molecular flexibility index (Phi) is 9.57. The third kappa shape index (κ3) is 7.70. The number of hydrogen-bond donors (Lipinski definition) is 2. The molecule has 2 heterocycles. The van der Waals surface area contributed by atoms with Crippen molar-refractivity contribution in [3.63, 3.8) is 0 Å². The Morgan fingerprint density at radius 2 is 1.91 bits per heavy atom. The monoisotopic (exact) mass is 505 g/mol. The highest BCUT2D eigenvalue weighted by Crippen LogP contribution is 2.34. The predicted octanol–water partition coefficient (Wildman–Crippen LogP) is 5.58. The molecular weight excluding hydrogens is 472 g/mol. The summed E-state index contributed by atoms with van der Waals surface area (Å²) >= 11 is 1.15. The molecule has 3 atom stereocenters. The average molecular weight is 506 g/mol. The van der Waals surface area contributed by atoms with Gasteiger partial charge >= 0.3 is 11.9 Å². The quantitative estimate of drug-likeness (QED) is 0.275. The van der Waals surface area contributed by atoms with Crippen LogP contribution in [0.1, 0.15) is 59.1 Å². The number of alkyl halides is 2. The van der Waals surface area contributed by atoms with E-state index in [0.717, 1.165) is 41.9 Å². The zero-order chi connectivity index (χ0) is 25.4. The number of benzene rings is 1. The van der Waals surface area contributed by atoms with Crippen LogP contribution in [-0.2, 0) is 17.6 Å². The highest BCUT2D eigenvalue weighted by Gasteiger charge is 2.52. The van der Waals surface area contributed by atoms with Gasteiger partial charge in [0, 0.05) is 17.8 Å². The molecule has 190 valence electrons. The number of aryl methyl sites for hydroxylation is 2. The first-order chi connectivity index (χ1) is 16.7. The van der Waals surface area contributed by atoms with Gasteiger partial charge in [0.05, 0.1) is 12.1 Å². The maximum atomic E-state index is 14.2. The zero-order valence-corrected chi connectivity index (χ0v) is 20.7. The summed E-state index contributed by atoms with van der Waals surface area (Å²) < 4.78 is 28.3. The van der Waals surface area contributed by atoms with Gasteiger partial charge in [-0.1, -0.05) is 55.8 Å². The van der Waals surface area contributed by atoms with Crippen molar-refractivity contribution in [1.82, 2.24) is 4.90 Å². The summed E-state index contributed by atoms with van der Waals surface area (Å²) in [6.45, 7) is 2.09. The predicted molar refractivity (Wildman–Crippen MR) is 133 cm³/mol. The Morgan fingerprint density at radius 3 is 2.60 bits per heavy atom. The fourth-order valence-corrected chi connectivity index (χ4v) is 5.24. The molecule has 0 saturated carbocycles. The number of thiophene rings is 1. The van der Waals surface area contributed by atoms with Gasteiger partial charge in [0.2, 0.25) is 0 Å². The molecule has 1 aromatic carbocycles. The van der Waals surface area contributed by atoms with Gasteiger partial charge in [-0.15, -0.1) is 11.3 Å². The van der Waals surface area contributed by atoms with Gasteiger partial charge in [-0.3, -0.25) is 4.79 Å². The molecule has 0 radical (unpaired) electrons. The number of carbonyl (C=O) groups is 2. The Labute approximate surface area is 209 Å². The van der Waals surface area contributed by atoms with E-state index in [-0.39, 0.29) is 17.3 Å². The second-order valence-corrected chi connectivity index (χ2v) is 10.4. The molecule has 35 heavy (non-hydrogen) atoms. The van der Waals surface area contributed by atoms with Crippen molar-refractivity contribution in [3.05, 3.63) is 69.9 Å². The number of aromatic carboxylic acids is 1. The molecular formula is C27H33F2NO4S. The number of carboxylic acid groups (broad SMARTS) is 1. The number of unbranched alkanes of at least 4 members (excludes halogenated alkanes) is 1. The Morgan fingerprint density at radius 1 is 1.17 bits per heavy atom. The molecule has 3 rings (SSSR count). The van der Waals surface area contributed by atoms with E-state index < -0.39 is 36.4 Å². The average Bonchev–Trinajstić information content (AvgIpc) is 3.39. The van der Waals surface area contributed by atoms with E-state index in [0.29, 0.717) is 12.8 Å². The fourth-order valence-electron chi connectivity index (χ4n) is 4.35. The minimum Gasteiger partial charge on any atom is -0.477 e. The summed E-state index contributed by atoms with van der Waals surface area (Å²) in [7, 11) is 0. The van der Waals surface area contributed by atoms with Gasteiger partial charge < -0.3 is 15.1 Å². The van der Waals surface area contributed by atoms with Gasteiger partial charge in [0.15, 0.2) is 0 Å². The molecule has 0 bridgehead atoms. The maximum Gasteiger partial charge on any atom is 0.345 e. The van der Waals surface area contributed by atoms with Crippen LogP contribution >= 0.6 is 11.3 Å². The SMILES string of the molecule is C[C@@H](CCCCc1ccccc1)[C@@H](O)/C=C/[C@H]1CC(F)(F)C(=O)N1CCCc1ccc(C(=O)O)s1. The molecule has 2 N–H and O–H groups in total. The van der Waals surface area contributed by atoms with E-state index in [2.05, 4.69) is 12.1 Å².